The highest BCUT2D eigenvalue weighted by atomic mass is 32.1. The molecular formula is C15H16FN3OS. The summed E-state index contributed by atoms with van der Waals surface area (Å²) in [6.45, 7) is 2.70. The van der Waals surface area contributed by atoms with Crippen molar-refractivity contribution in [1.82, 2.24) is 15.2 Å². The molecule has 0 aromatic carbocycles. The van der Waals surface area contributed by atoms with Gasteiger partial charge in [-0.25, -0.2) is 4.39 Å². The molecule has 0 saturated carbocycles. The maximum atomic E-state index is 13.1. The topological polar surface area (TPSA) is 45.2 Å². The summed E-state index contributed by atoms with van der Waals surface area (Å²) in [5, 5.41) is 7.16. The van der Waals surface area contributed by atoms with Gasteiger partial charge in [-0.15, -0.1) is 0 Å². The number of hydrogen-bond acceptors (Lipinski definition) is 4. The maximum Gasteiger partial charge on any atom is 0.253 e. The molecule has 1 aliphatic heterocycles. The van der Waals surface area contributed by atoms with Crippen molar-refractivity contribution < 1.29 is 9.18 Å². The number of aromatic nitrogens is 1. The lowest BCUT2D eigenvalue weighted by molar-refractivity contribution is 0.0937. The quantitative estimate of drug-likeness (QED) is 0.942. The molecule has 1 fully saturated rings. The Balaban J connectivity index is 1.53. The molecule has 110 valence electrons. The Hall–Kier alpha value is -1.79. The lowest BCUT2D eigenvalue weighted by Crippen LogP contribution is -2.37. The molecule has 2 aromatic heterocycles. The van der Waals surface area contributed by atoms with E-state index < -0.39 is 5.82 Å². The van der Waals surface area contributed by atoms with E-state index in [0.29, 0.717) is 0 Å². The number of halogens is 1. The zero-order valence-electron chi connectivity index (χ0n) is 11.5. The molecule has 1 saturated heterocycles. The van der Waals surface area contributed by atoms with Crippen LogP contribution in [0.25, 0.3) is 0 Å². The summed E-state index contributed by atoms with van der Waals surface area (Å²) in [7, 11) is 0. The van der Waals surface area contributed by atoms with Crippen molar-refractivity contribution in [2.45, 2.75) is 19.0 Å². The second-order valence-electron chi connectivity index (χ2n) is 5.22. The Morgan fingerprint density at radius 1 is 1.52 bits per heavy atom. The predicted molar refractivity (Wildman–Crippen MR) is 79.7 cm³/mol. The Labute approximate surface area is 126 Å². The first-order valence-electron chi connectivity index (χ1n) is 6.85. The van der Waals surface area contributed by atoms with Crippen LogP contribution in [0.3, 0.4) is 0 Å². The van der Waals surface area contributed by atoms with Crippen molar-refractivity contribution >= 4 is 17.2 Å². The Bertz CT molecular complexity index is 617. The van der Waals surface area contributed by atoms with E-state index >= 15 is 0 Å². The molecule has 0 spiro atoms. The molecule has 1 atom stereocenters. The van der Waals surface area contributed by atoms with Crippen molar-refractivity contribution in [3.05, 3.63) is 52.2 Å². The minimum Gasteiger partial charge on any atom is -0.348 e. The molecule has 3 rings (SSSR count). The highest BCUT2D eigenvalue weighted by Gasteiger charge is 2.24. The summed E-state index contributed by atoms with van der Waals surface area (Å²) in [6.07, 6.45) is 3.39. The van der Waals surface area contributed by atoms with E-state index in [4.69, 9.17) is 0 Å². The van der Waals surface area contributed by atoms with Crippen LogP contribution >= 0.6 is 11.3 Å². The molecule has 6 heteroatoms. The van der Waals surface area contributed by atoms with Crippen molar-refractivity contribution in [3.63, 3.8) is 0 Å². The van der Waals surface area contributed by atoms with E-state index in [1.54, 1.807) is 11.3 Å². The van der Waals surface area contributed by atoms with E-state index in [1.165, 1.54) is 17.8 Å². The highest BCUT2D eigenvalue weighted by molar-refractivity contribution is 7.07. The fourth-order valence-electron chi connectivity index (χ4n) is 2.54. The molecule has 1 N–H and O–H groups in total. The molecule has 1 amide bonds. The van der Waals surface area contributed by atoms with Gasteiger partial charge in [0.2, 0.25) is 0 Å². The van der Waals surface area contributed by atoms with E-state index in [0.717, 1.165) is 32.3 Å². The van der Waals surface area contributed by atoms with Crippen LogP contribution in [0.1, 0.15) is 22.3 Å². The third kappa shape index (κ3) is 3.65. The minimum atomic E-state index is -0.492. The molecule has 0 radical (unpaired) electrons. The largest absolute Gasteiger partial charge is 0.348 e. The first kappa shape index (κ1) is 14.2. The van der Waals surface area contributed by atoms with Crippen molar-refractivity contribution in [2.24, 2.45) is 0 Å². The van der Waals surface area contributed by atoms with Crippen molar-refractivity contribution in [3.8, 4) is 0 Å². The zero-order chi connectivity index (χ0) is 14.7. The molecule has 3 heterocycles. The second-order valence-corrected chi connectivity index (χ2v) is 6.00. The minimum absolute atomic E-state index is 0.111. The smallest absolute Gasteiger partial charge is 0.253 e. The van der Waals surface area contributed by atoms with Gasteiger partial charge in [0, 0.05) is 31.9 Å². The van der Waals surface area contributed by atoms with Crippen LogP contribution in [-0.4, -0.2) is 34.9 Å². The van der Waals surface area contributed by atoms with Gasteiger partial charge in [0.25, 0.3) is 5.91 Å². The first-order chi connectivity index (χ1) is 10.2. The SMILES string of the molecule is O=C(NC1CCN(Cc2ccsc2)C1)c1cncc(F)c1. The number of carbonyl (C=O) groups excluding carboxylic acids is 1. The fourth-order valence-corrected chi connectivity index (χ4v) is 3.20. The van der Waals surface area contributed by atoms with Gasteiger partial charge in [0.05, 0.1) is 11.8 Å². The van der Waals surface area contributed by atoms with Gasteiger partial charge in [-0.05, 0) is 34.9 Å². The summed E-state index contributed by atoms with van der Waals surface area (Å²) in [5.74, 6) is -0.752. The van der Waals surface area contributed by atoms with E-state index in [1.807, 2.05) is 0 Å². The number of rotatable bonds is 4. The molecule has 1 unspecified atom stereocenters. The number of pyridine rings is 1. The summed E-state index contributed by atoms with van der Waals surface area (Å²) in [6, 6.07) is 3.44. The third-order valence-corrected chi connectivity index (χ3v) is 4.29. The summed E-state index contributed by atoms with van der Waals surface area (Å²) < 4.78 is 13.1. The zero-order valence-corrected chi connectivity index (χ0v) is 12.3. The fraction of sp³-hybridized carbons (Fsp3) is 0.333. The number of nitrogens with zero attached hydrogens (tertiary/aromatic N) is 2. The summed E-state index contributed by atoms with van der Waals surface area (Å²) in [5.41, 5.74) is 1.58. The highest BCUT2D eigenvalue weighted by Crippen LogP contribution is 2.15. The van der Waals surface area contributed by atoms with E-state index in [2.05, 4.69) is 32.0 Å². The number of hydrogen-bond donors (Lipinski definition) is 1. The van der Waals surface area contributed by atoms with Gasteiger partial charge >= 0.3 is 0 Å². The average molecular weight is 305 g/mol. The normalized spacial score (nSPS) is 18.8. The first-order valence-corrected chi connectivity index (χ1v) is 7.80. The van der Waals surface area contributed by atoms with Crippen LogP contribution in [0.15, 0.2) is 35.3 Å². The van der Waals surface area contributed by atoms with Gasteiger partial charge in [-0.2, -0.15) is 11.3 Å². The number of amides is 1. The summed E-state index contributed by atoms with van der Waals surface area (Å²) >= 11 is 1.69. The molecule has 21 heavy (non-hydrogen) atoms. The number of nitrogens with one attached hydrogen (secondary N) is 1. The number of likely N-dealkylation sites (tertiary alicyclic amines) is 1. The standard InChI is InChI=1S/C15H16FN3OS/c16-13-5-12(6-17-7-13)15(20)18-14-1-3-19(9-14)8-11-2-4-21-10-11/h2,4-7,10,14H,1,3,8-9H2,(H,18,20). The van der Waals surface area contributed by atoms with Gasteiger partial charge in [0.15, 0.2) is 0 Å². The molecule has 2 aromatic rings. The number of thiophene rings is 1. The second kappa shape index (κ2) is 6.32. The van der Waals surface area contributed by atoms with Crippen molar-refractivity contribution in [1.29, 1.82) is 0 Å². The van der Waals surface area contributed by atoms with E-state index in [9.17, 15) is 9.18 Å². The van der Waals surface area contributed by atoms with Crippen molar-refractivity contribution in [2.75, 3.05) is 13.1 Å². The van der Waals surface area contributed by atoms with Gasteiger partial charge in [-0.1, -0.05) is 0 Å². The Morgan fingerprint density at radius 2 is 2.43 bits per heavy atom. The van der Waals surface area contributed by atoms with Crippen LogP contribution in [-0.2, 0) is 6.54 Å². The molecule has 4 nitrogen and oxygen atoms in total. The summed E-state index contributed by atoms with van der Waals surface area (Å²) in [4.78, 5) is 18.1. The average Bonchev–Trinajstić information content (AvgIpc) is 3.11. The Kier molecular flexibility index (Phi) is 4.26. The lowest BCUT2D eigenvalue weighted by atomic mass is 10.2. The number of carbonyl (C=O) groups is 1. The van der Waals surface area contributed by atoms with Crippen LogP contribution in [0.5, 0.6) is 0 Å². The van der Waals surface area contributed by atoms with Crippen LogP contribution in [0, 0.1) is 5.82 Å². The van der Waals surface area contributed by atoms with Gasteiger partial charge in [-0.3, -0.25) is 14.7 Å². The maximum absolute atomic E-state index is 13.1. The lowest BCUT2D eigenvalue weighted by Gasteiger charge is -2.16. The van der Waals surface area contributed by atoms with Crippen LogP contribution in [0.4, 0.5) is 4.39 Å². The monoisotopic (exact) mass is 305 g/mol. The predicted octanol–water partition coefficient (Wildman–Crippen LogP) is 2.29. The molecular weight excluding hydrogens is 289 g/mol. The Morgan fingerprint density at radius 3 is 3.19 bits per heavy atom. The van der Waals surface area contributed by atoms with Crippen LogP contribution < -0.4 is 5.32 Å². The van der Waals surface area contributed by atoms with Crippen LogP contribution in [0.2, 0.25) is 0 Å². The molecule has 1 aliphatic rings. The third-order valence-electron chi connectivity index (χ3n) is 3.56. The van der Waals surface area contributed by atoms with E-state index in [-0.39, 0.29) is 17.5 Å². The van der Waals surface area contributed by atoms with Gasteiger partial charge < -0.3 is 5.32 Å². The molecule has 0 bridgehead atoms. The molecule has 0 aliphatic carbocycles. The van der Waals surface area contributed by atoms with Gasteiger partial charge in [0.1, 0.15) is 5.82 Å².